The molecule has 0 saturated carbocycles. The zero-order valence-corrected chi connectivity index (χ0v) is 11.7. The van der Waals surface area contributed by atoms with Crippen LogP contribution in [0.2, 0.25) is 0 Å². The van der Waals surface area contributed by atoms with Crippen molar-refractivity contribution in [1.29, 1.82) is 5.26 Å². The van der Waals surface area contributed by atoms with E-state index in [0.717, 1.165) is 30.0 Å². The van der Waals surface area contributed by atoms with Gasteiger partial charge < -0.3 is 9.88 Å². The van der Waals surface area contributed by atoms with Crippen LogP contribution in [0.3, 0.4) is 0 Å². The number of H-pyrrole nitrogens is 1. The van der Waals surface area contributed by atoms with Gasteiger partial charge >= 0.3 is 0 Å². The Bertz CT molecular complexity index is 693. The van der Waals surface area contributed by atoms with E-state index in [-0.39, 0.29) is 11.1 Å². The maximum Gasteiger partial charge on any atom is 0.266 e. The number of aromatic amines is 1. The molecule has 102 valence electrons. The Morgan fingerprint density at radius 1 is 1.20 bits per heavy atom. The lowest BCUT2D eigenvalue weighted by Gasteiger charge is -2.21. The second kappa shape index (κ2) is 6.07. The Morgan fingerprint density at radius 3 is 2.55 bits per heavy atom. The van der Waals surface area contributed by atoms with Crippen LogP contribution in [-0.4, -0.2) is 18.1 Å². The summed E-state index contributed by atoms with van der Waals surface area (Å²) in [4.78, 5) is 16.7. The average Bonchev–Trinajstić information content (AvgIpc) is 2.49. The minimum absolute atomic E-state index is 0.133. The molecule has 0 fully saturated rings. The monoisotopic (exact) mass is 267 g/mol. The van der Waals surface area contributed by atoms with E-state index in [0.29, 0.717) is 0 Å². The second-order valence-corrected chi connectivity index (χ2v) is 4.45. The van der Waals surface area contributed by atoms with E-state index < -0.39 is 0 Å². The van der Waals surface area contributed by atoms with Crippen molar-refractivity contribution in [3.63, 3.8) is 0 Å². The predicted octanol–water partition coefficient (Wildman–Crippen LogP) is 2.76. The van der Waals surface area contributed by atoms with E-state index in [4.69, 9.17) is 5.26 Å². The third-order valence-corrected chi connectivity index (χ3v) is 3.32. The summed E-state index contributed by atoms with van der Waals surface area (Å²) >= 11 is 0. The summed E-state index contributed by atoms with van der Waals surface area (Å²) in [5.74, 6) is 0. The van der Waals surface area contributed by atoms with Gasteiger partial charge in [0, 0.05) is 30.0 Å². The molecular formula is C16H17N3O. The topological polar surface area (TPSA) is 59.9 Å². The molecule has 1 aromatic carbocycles. The molecule has 20 heavy (non-hydrogen) atoms. The van der Waals surface area contributed by atoms with Crippen molar-refractivity contribution in [3.8, 4) is 17.3 Å². The van der Waals surface area contributed by atoms with Gasteiger partial charge in [-0.2, -0.15) is 5.26 Å². The van der Waals surface area contributed by atoms with Gasteiger partial charge in [0.1, 0.15) is 11.6 Å². The van der Waals surface area contributed by atoms with E-state index >= 15 is 0 Å². The fraction of sp³-hybridized carbons (Fsp3) is 0.250. The Hall–Kier alpha value is -2.54. The molecule has 0 spiro atoms. The van der Waals surface area contributed by atoms with Gasteiger partial charge in [0.2, 0.25) is 0 Å². The molecular weight excluding hydrogens is 250 g/mol. The summed E-state index contributed by atoms with van der Waals surface area (Å²) in [6, 6.07) is 13.2. The SMILES string of the molecule is CCN(CC)c1cccc(-c2ccc(C#N)c(=O)[nH]2)c1. The molecule has 4 nitrogen and oxygen atoms in total. The fourth-order valence-corrected chi connectivity index (χ4v) is 2.19. The first-order valence-electron chi connectivity index (χ1n) is 6.68. The quantitative estimate of drug-likeness (QED) is 0.926. The molecule has 1 aromatic heterocycles. The maximum absolute atomic E-state index is 11.7. The first-order valence-corrected chi connectivity index (χ1v) is 6.68. The third-order valence-electron chi connectivity index (χ3n) is 3.32. The summed E-state index contributed by atoms with van der Waals surface area (Å²) in [5.41, 5.74) is 2.57. The molecule has 0 radical (unpaired) electrons. The number of nitrogens with zero attached hydrogens (tertiary/aromatic N) is 2. The highest BCUT2D eigenvalue weighted by atomic mass is 16.1. The van der Waals surface area contributed by atoms with E-state index in [1.54, 1.807) is 12.1 Å². The maximum atomic E-state index is 11.7. The Morgan fingerprint density at radius 2 is 1.95 bits per heavy atom. The fourth-order valence-electron chi connectivity index (χ4n) is 2.19. The van der Waals surface area contributed by atoms with Crippen molar-refractivity contribution in [1.82, 2.24) is 4.98 Å². The molecule has 4 heteroatoms. The molecule has 0 bridgehead atoms. The highest BCUT2D eigenvalue weighted by molar-refractivity contribution is 5.65. The number of nitriles is 1. The van der Waals surface area contributed by atoms with Gasteiger partial charge in [-0.1, -0.05) is 12.1 Å². The average molecular weight is 267 g/mol. The smallest absolute Gasteiger partial charge is 0.266 e. The molecule has 0 atom stereocenters. The first-order chi connectivity index (χ1) is 9.69. The number of hydrogen-bond donors (Lipinski definition) is 1. The van der Waals surface area contributed by atoms with Gasteiger partial charge in [0.05, 0.1) is 0 Å². The highest BCUT2D eigenvalue weighted by Gasteiger charge is 2.06. The number of aromatic nitrogens is 1. The van der Waals surface area contributed by atoms with Gasteiger partial charge in [-0.15, -0.1) is 0 Å². The standard InChI is InChI=1S/C16H17N3O/c1-3-19(4-2)14-7-5-6-12(10-14)15-9-8-13(11-17)16(20)18-15/h5-10H,3-4H2,1-2H3,(H,18,20). The summed E-state index contributed by atoms with van der Waals surface area (Å²) < 4.78 is 0. The number of nitrogens with one attached hydrogen (secondary N) is 1. The van der Waals surface area contributed by atoms with Crippen LogP contribution in [-0.2, 0) is 0 Å². The van der Waals surface area contributed by atoms with Gasteiger partial charge in [-0.05, 0) is 38.1 Å². The molecule has 1 heterocycles. The molecule has 0 aliphatic rings. The Kier molecular flexibility index (Phi) is 4.21. The van der Waals surface area contributed by atoms with E-state index in [1.807, 2.05) is 24.3 Å². The molecule has 0 saturated heterocycles. The molecule has 0 unspecified atom stereocenters. The van der Waals surface area contributed by atoms with E-state index in [2.05, 4.69) is 29.8 Å². The lowest BCUT2D eigenvalue weighted by atomic mass is 10.1. The van der Waals surface area contributed by atoms with Crippen molar-refractivity contribution in [2.45, 2.75) is 13.8 Å². The Balaban J connectivity index is 2.44. The molecule has 0 amide bonds. The van der Waals surface area contributed by atoms with Crippen molar-refractivity contribution in [3.05, 3.63) is 52.3 Å². The van der Waals surface area contributed by atoms with Gasteiger partial charge in [-0.3, -0.25) is 4.79 Å². The minimum Gasteiger partial charge on any atom is -0.372 e. The zero-order valence-electron chi connectivity index (χ0n) is 11.7. The van der Waals surface area contributed by atoms with Crippen LogP contribution in [0, 0.1) is 11.3 Å². The minimum atomic E-state index is -0.349. The first kappa shape index (κ1) is 13.9. The highest BCUT2D eigenvalue weighted by Crippen LogP contribution is 2.22. The van der Waals surface area contributed by atoms with Crippen LogP contribution >= 0.6 is 0 Å². The Labute approximate surface area is 118 Å². The van der Waals surface area contributed by atoms with Crippen molar-refractivity contribution >= 4 is 5.69 Å². The van der Waals surface area contributed by atoms with Crippen LogP contribution in [0.15, 0.2) is 41.2 Å². The molecule has 2 rings (SSSR count). The van der Waals surface area contributed by atoms with Crippen molar-refractivity contribution < 1.29 is 0 Å². The number of hydrogen-bond acceptors (Lipinski definition) is 3. The lowest BCUT2D eigenvalue weighted by Crippen LogP contribution is -2.21. The van der Waals surface area contributed by atoms with Gasteiger partial charge in [0.15, 0.2) is 0 Å². The van der Waals surface area contributed by atoms with E-state index in [9.17, 15) is 4.79 Å². The van der Waals surface area contributed by atoms with Crippen molar-refractivity contribution in [2.24, 2.45) is 0 Å². The number of benzene rings is 1. The van der Waals surface area contributed by atoms with Crippen LogP contribution in [0.25, 0.3) is 11.3 Å². The zero-order chi connectivity index (χ0) is 14.5. The molecule has 0 aliphatic carbocycles. The van der Waals surface area contributed by atoms with Crippen LogP contribution in [0.1, 0.15) is 19.4 Å². The van der Waals surface area contributed by atoms with E-state index in [1.165, 1.54) is 0 Å². The molecule has 1 N–H and O–H groups in total. The summed E-state index contributed by atoms with van der Waals surface area (Å²) in [6.07, 6.45) is 0. The van der Waals surface area contributed by atoms with Crippen molar-refractivity contribution in [2.75, 3.05) is 18.0 Å². The van der Waals surface area contributed by atoms with Gasteiger partial charge in [-0.25, -0.2) is 0 Å². The number of anilines is 1. The largest absolute Gasteiger partial charge is 0.372 e. The van der Waals surface area contributed by atoms with Crippen LogP contribution in [0.5, 0.6) is 0 Å². The second-order valence-electron chi connectivity index (χ2n) is 4.45. The van der Waals surface area contributed by atoms with Gasteiger partial charge in [0.25, 0.3) is 5.56 Å². The number of rotatable bonds is 4. The molecule has 2 aromatic rings. The van der Waals surface area contributed by atoms with Crippen LogP contribution in [0.4, 0.5) is 5.69 Å². The normalized spacial score (nSPS) is 10.1. The summed E-state index contributed by atoms with van der Waals surface area (Å²) in [6.45, 7) is 6.09. The third kappa shape index (κ3) is 2.72. The summed E-state index contributed by atoms with van der Waals surface area (Å²) in [5, 5.41) is 8.78. The molecule has 0 aliphatic heterocycles. The lowest BCUT2D eigenvalue weighted by molar-refractivity contribution is 0.866. The summed E-state index contributed by atoms with van der Waals surface area (Å²) in [7, 11) is 0. The number of pyridine rings is 1. The van der Waals surface area contributed by atoms with Crippen LogP contribution < -0.4 is 10.5 Å². The predicted molar refractivity (Wildman–Crippen MR) is 80.8 cm³/mol.